The van der Waals surface area contributed by atoms with Crippen molar-refractivity contribution >= 4 is 10.0 Å². The molecule has 3 rings (SSSR count). The van der Waals surface area contributed by atoms with Crippen LogP contribution in [0, 0.1) is 5.82 Å². The van der Waals surface area contributed by atoms with Crippen LogP contribution in [0.25, 0.3) is 0 Å². The molecule has 25 heavy (non-hydrogen) atoms. The molecule has 0 bridgehead atoms. The fourth-order valence-electron chi connectivity index (χ4n) is 3.03. The third-order valence-electron chi connectivity index (χ3n) is 4.26. The largest absolute Gasteiger partial charge is 0.491 e. The number of fused-ring (bicyclic) bond motifs is 1. The second kappa shape index (κ2) is 6.74. The van der Waals surface area contributed by atoms with Crippen molar-refractivity contribution in [3.63, 3.8) is 0 Å². The minimum atomic E-state index is -3.93. The van der Waals surface area contributed by atoms with Gasteiger partial charge in [-0.3, -0.25) is 0 Å². The Hall–Kier alpha value is -1.96. The van der Waals surface area contributed by atoms with E-state index in [1.165, 1.54) is 12.1 Å². The number of hydrogen-bond donors (Lipinski definition) is 2. The lowest BCUT2D eigenvalue weighted by molar-refractivity contribution is 0.0567. The lowest BCUT2D eigenvalue weighted by atomic mass is 10.0. The maximum absolute atomic E-state index is 13.9. The Balaban J connectivity index is 1.71. The van der Waals surface area contributed by atoms with E-state index in [-0.39, 0.29) is 23.8 Å². The maximum atomic E-state index is 13.9. The molecule has 1 aliphatic carbocycles. The van der Waals surface area contributed by atoms with Crippen molar-refractivity contribution in [2.45, 2.75) is 30.3 Å². The molecule has 2 aromatic rings. The van der Waals surface area contributed by atoms with Gasteiger partial charge < -0.3 is 9.84 Å². The van der Waals surface area contributed by atoms with Crippen molar-refractivity contribution in [1.29, 1.82) is 0 Å². The summed E-state index contributed by atoms with van der Waals surface area (Å²) in [6.07, 6.45) is 0.757. The van der Waals surface area contributed by atoms with Gasteiger partial charge in [0.2, 0.25) is 10.0 Å². The molecule has 0 aliphatic heterocycles. The van der Waals surface area contributed by atoms with E-state index in [2.05, 4.69) is 4.72 Å². The average Bonchev–Trinajstić information content (AvgIpc) is 2.92. The van der Waals surface area contributed by atoms with Gasteiger partial charge in [0.05, 0.1) is 17.1 Å². The number of aliphatic hydroxyl groups is 1. The van der Waals surface area contributed by atoms with E-state index in [0.717, 1.165) is 17.2 Å². The van der Waals surface area contributed by atoms with Crippen LogP contribution in [0.3, 0.4) is 0 Å². The van der Waals surface area contributed by atoms with E-state index in [1.54, 1.807) is 6.92 Å². The zero-order valence-electron chi connectivity index (χ0n) is 13.8. The summed E-state index contributed by atoms with van der Waals surface area (Å²) < 4.78 is 46.1. The fraction of sp³-hybridized carbons (Fsp3) is 0.333. The molecular weight excluding hydrogens is 345 g/mol. The predicted octanol–water partition coefficient (Wildman–Crippen LogP) is 2.03. The van der Waals surface area contributed by atoms with Crippen molar-refractivity contribution in [2.75, 3.05) is 13.2 Å². The van der Waals surface area contributed by atoms with Gasteiger partial charge >= 0.3 is 0 Å². The highest BCUT2D eigenvalue weighted by molar-refractivity contribution is 7.89. The highest BCUT2D eigenvalue weighted by atomic mass is 32.2. The minimum absolute atomic E-state index is 0.00585. The molecule has 5 nitrogen and oxygen atoms in total. The quantitative estimate of drug-likeness (QED) is 0.821. The van der Waals surface area contributed by atoms with Crippen LogP contribution in [0.4, 0.5) is 4.39 Å². The van der Waals surface area contributed by atoms with Crippen molar-refractivity contribution < 1.29 is 22.7 Å². The molecule has 0 spiro atoms. The van der Waals surface area contributed by atoms with Crippen LogP contribution in [-0.4, -0.2) is 32.3 Å². The van der Waals surface area contributed by atoms with Crippen molar-refractivity contribution in [2.24, 2.45) is 0 Å². The van der Waals surface area contributed by atoms with E-state index in [9.17, 15) is 17.9 Å². The van der Waals surface area contributed by atoms with Gasteiger partial charge in [0.15, 0.2) is 11.6 Å². The highest BCUT2D eigenvalue weighted by Gasteiger charge is 2.36. The number of hydrogen-bond acceptors (Lipinski definition) is 4. The summed E-state index contributed by atoms with van der Waals surface area (Å²) in [6, 6.07) is 11.1. The molecule has 7 heteroatoms. The van der Waals surface area contributed by atoms with Crippen molar-refractivity contribution in [1.82, 2.24) is 4.72 Å². The van der Waals surface area contributed by atoms with Gasteiger partial charge in [-0.15, -0.1) is 0 Å². The standard InChI is InChI=1S/C18H20FNO4S/c1-2-24-17-8-7-15(9-16(17)19)25(22,23)20-12-18(21)10-13-5-3-4-6-14(13)11-18/h3-9,20-21H,2,10-12H2,1H3. The molecule has 0 fully saturated rings. The molecule has 0 saturated heterocycles. The monoisotopic (exact) mass is 365 g/mol. The van der Waals surface area contributed by atoms with E-state index in [0.29, 0.717) is 12.8 Å². The Kier molecular flexibility index (Phi) is 4.81. The topological polar surface area (TPSA) is 75.6 Å². The summed E-state index contributed by atoms with van der Waals surface area (Å²) in [5, 5.41) is 10.7. The van der Waals surface area contributed by atoms with E-state index < -0.39 is 21.4 Å². The smallest absolute Gasteiger partial charge is 0.240 e. The normalized spacial score (nSPS) is 15.8. The summed E-state index contributed by atoms with van der Waals surface area (Å²) in [5.41, 5.74) is 0.841. The minimum Gasteiger partial charge on any atom is -0.491 e. The number of benzene rings is 2. The van der Waals surface area contributed by atoms with Gasteiger partial charge in [-0.05, 0) is 36.2 Å². The molecule has 2 aromatic carbocycles. The van der Waals surface area contributed by atoms with Crippen LogP contribution in [0.5, 0.6) is 5.75 Å². The molecule has 0 atom stereocenters. The van der Waals surface area contributed by atoms with E-state index >= 15 is 0 Å². The molecule has 0 heterocycles. The van der Waals surface area contributed by atoms with Gasteiger partial charge in [-0.25, -0.2) is 17.5 Å². The van der Waals surface area contributed by atoms with Gasteiger partial charge in [0, 0.05) is 19.4 Å². The lowest BCUT2D eigenvalue weighted by Crippen LogP contribution is -2.43. The fourth-order valence-corrected chi connectivity index (χ4v) is 4.16. The molecule has 134 valence electrons. The van der Waals surface area contributed by atoms with Gasteiger partial charge in [0.25, 0.3) is 0 Å². The van der Waals surface area contributed by atoms with Crippen molar-refractivity contribution in [3.8, 4) is 5.75 Å². The first-order valence-corrected chi connectivity index (χ1v) is 9.52. The Bertz CT molecular complexity index is 857. The number of sulfonamides is 1. The zero-order chi connectivity index (χ0) is 18.1. The molecular formula is C18H20FNO4S. The SMILES string of the molecule is CCOc1ccc(S(=O)(=O)NCC2(O)Cc3ccccc3C2)cc1F. The first-order chi connectivity index (χ1) is 11.8. The maximum Gasteiger partial charge on any atom is 0.240 e. The van der Waals surface area contributed by atoms with Crippen molar-refractivity contribution in [3.05, 3.63) is 59.4 Å². The van der Waals surface area contributed by atoms with Crippen LogP contribution in [0.15, 0.2) is 47.4 Å². The number of rotatable bonds is 6. The molecule has 0 amide bonds. The molecule has 0 unspecified atom stereocenters. The highest BCUT2D eigenvalue weighted by Crippen LogP contribution is 2.30. The third-order valence-corrected chi connectivity index (χ3v) is 5.66. The van der Waals surface area contributed by atoms with Gasteiger partial charge in [-0.1, -0.05) is 24.3 Å². The van der Waals surface area contributed by atoms with Crippen LogP contribution in [0.2, 0.25) is 0 Å². The molecule has 0 saturated carbocycles. The summed E-state index contributed by atoms with van der Waals surface area (Å²) in [7, 11) is -3.93. The Morgan fingerprint density at radius 1 is 1.20 bits per heavy atom. The first-order valence-electron chi connectivity index (χ1n) is 8.04. The Morgan fingerprint density at radius 2 is 1.84 bits per heavy atom. The Labute approximate surface area is 146 Å². The Morgan fingerprint density at radius 3 is 2.40 bits per heavy atom. The van der Waals surface area contributed by atoms with Crippen LogP contribution >= 0.6 is 0 Å². The zero-order valence-corrected chi connectivity index (χ0v) is 14.6. The summed E-state index contributed by atoms with van der Waals surface area (Å²) in [5.74, 6) is -0.733. The number of nitrogens with one attached hydrogen (secondary N) is 1. The third kappa shape index (κ3) is 3.84. The summed E-state index contributed by atoms with van der Waals surface area (Å²) >= 11 is 0. The summed E-state index contributed by atoms with van der Waals surface area (Å²) in [6.45, 7) is 1.86. The number of halogens is 1. The second-order valence-corrected chi connectivity index (χ2v) is 7.96. The van der Waals surface area contributed by atoms with Gasteiger partial charge in [-0.2, -0.15) is 0 Å². The van der Waals surface area contributed by atoms with Crippen LogP contribution in [-0.2, 0) is 22.9 Å². The van der Waals surface area contributed by atoms with Gasteiger partial charge in [0.1, 0.15) is 0 Å². The molecule has 1 aliphatic rings. The molecule has 0 radical (unpaired) electrons. The number of ether oxygens (including phenoxy) is 1. The van der Waals surface area contributed by atoms with E-state index in [4.69, 9.17) is 4.74 Å². The van der Waals surface area contributed by atoms with Crippen LogP contribution < -0.4 is 9.46 Å². The van der Waals surface area contributed by atoms with Crippen LogP contribution in [0.1, 0.15) is 18.1 Å². The lowest BCUT2D eigenvalue weighted by Gasteiger charge is -2.22. The predicted molar refractivity (Wildman–Crippen MR) is 91.6 cm³/mol. The first kappa shape index (κ1) is 17.8. The average molecular weight is 365 g/mol. The molecule has 0 aromatic heterocycles. The molecule has 2 N–H and O–H groups in total. The second-order valence-electron chi connectivity index (χ2n) is 6.20. The summed E-state index contributed by atoms with van der Waals surface area (Å²) in [4.78, 5) is -0.201. The van der Waals surface area contributed by atoms with E-state index in [1.807, 2.05) is 24.3 Å².